The second-order valence-corrected chi connectivity index (χ2v) is 7.69. The average Bonchev–Trinajstić information content (AvgIpc) is 2.73. The summed E-state index contributed by atoms with van der Waals surface area (Å²) in [5.74, 6) is 0. The molecule has 1 aromatic carbocycles. The molecule has 0 aliphatic carbocycles. The summed E-state index contributed by atoms with van der Waals surface area (Å²) in [4.78, 5) is 0.252. The van der Waals surface area contributed by atoms with Crippen LogP contribution in [0.5, 0.6) is 0 Å². The molecule has 0 amide bonds. The first kappa shape index (κ1) is 15.9. The number of hydrogen-bond donors (Lipinski definition) is 0. The van der Waals surface area contributed by atoms with Crippen molar-refractivity contribution in [2.24, 2.45) is 7.05 Å². The van der Waals surface area contributed by atoms with E-state index in [2.05, 4.69) is 5.10 Å². The maximum absolute atomic E-state index is 13.3. The maximum Gasteiger partial charge on any atom is 0.417 e. The Morgan fingerprint density at radius 1 is 1.10 bits per heavy atom. The van der Waals surface area contributed by atoms with Crippen molar-refractivity contribution in [2.45, 2.75) is 36.6 Å². The summed E-state index contributed by atoms with van der Waals surface area (Å²) in [6, 6.07) is 4.45. The monoisotopic (exact) mass is 314 g/mol. The lowest BCUT2D eigenvalue weighted by Gasteiger charge is -2.21. The molecular weight excluding hydrogens is 297 g/mol. The van der Waals surface area contributed by atoms with Crippen molar-refractivity contribution in [2.75, 3.05) is 0 Å². The van der Waals surface area contributed by atoms with Crippen LogP contribution in [0.25, 0.3) is 11.1 Å². The molecule has 0 saturated heterocycles. The SMILES string of the molecule is Cn1cc(-c2ccc(SC(C)(C)C)c(C(F)(F)F)c2)cn1. The molecule has 6 heteroatoms. The van der Waals surface area contributed by atoms with Crippen LogP contribution >= 0.6 is 11.8 Å². The van der Waals surface area contributed by atoms with E-state index in [0.29, 0.717) is 11.1 Å². The van der Waals surface area contributed by atoms with Crippen molar-refractivity contribution in [1.29, 1.82) is 0 Å². The topological polar surface area (TPSA) is 17.8 Å². The highest BCUT2D eigenvalue weighted by molar-refractivity contribution is 8.00. The number of nitrogens with zero attached hydrogens (tertiary/aromatic N) is 2. The van der Waals surface area contributed by atoms with Crippen molar-refractivity contribution in [3.63, 3.8) is 0 Å². The van der Waals surface area contributed by atoms with E-state index in [1.165, 1.54) is 17.8 Å². The van der Waals surface area contributed by atoms with Crippen molar-refractivity contribution < 1.29 is 13.2 Å². The molecule has 0 unspecified atom stereocenters. The van der Waals surface area contributed by atoms with Gasteiger partial charge in [0, 0.05) is 28.5 Å². The van der Waals surface area contributed by atoms with Crippen LogP contribution in [0.15, 0.2) is 35.5 Å². The summed E-state index contributed by atoms with van der Waals surface area (Å²) >= 11 is 1.22. The first-order valence-corrected chi connectivity index (χ1v) is 7.27. The molecule has 0 atom stereocenters. The molecule has 0 saturated carbocycles. The Balaban J connectivity index is 2.50. The first-order chi connectivity index (χ1) is 9.56. The van der Waals surface area contributed by atoms with Gasteiger partial charge in [0.25, 0.3) is 0 Å². The molecule has 2 rings (SSSR count). The normalized spacial score (nSPS) is 12.7. The average molecular weight is 314 g/mol. The van der Waals surface area contributed by atoms with Crippen molar-refractivity contribution in [3.05, 3.63) is 36.2 Å². The second-order valence-electron chi connectivity index (χ2n) is 5.83. The molecular formula is C15H17F3N2S. The fraction of sp³-hybridized carbons (Fsp3) is 0.400. The van der Waals surface area contributed by atoms with Crippen LogP contribution in [0, 0.1) is 0 Å². The van der Waals surface area contributed by atoms with Gasteiger partial charge in [-0.25, -0.2) is 0 Å². The van der Waals surface area contributed by atoms with Crippen molar-refractivity contribution >= 4 is 11.8 Å². The summed E-state index contributed by atoms with van der Waals surface area (Å²) < 4.78 is 41.2. The lowest BCUT2D eigenvalue weighted by atomic mass is 10.1. The number of thioether (sulfide) groups is 1. The molecule has 114 valence electrons. The van der Waals surface area contributed by atoms with Gasteiger partial charge in [0.05, 0.1) is 11.8 Å². The number of hydrogen-bond acceptors (Lipinski definition) is 2. The van der Waals surface area contributed by atoms with Gasteiger partial charge < -0.3 is 0 Å². The van der Waals surface area contributed by atoms with E-state index in [1.54, 1.807) is 36.3 Å². The van der Waals surface area contributed by atoms with E-state index in [9.17, 15) is 13.2 Å². The van der Waals surface area contributed by atoms with E-state index < -0.39 is 11.7 Å². The second kappa shape index (κ2) is 5.40. The van der Waals surface area contributed by atoms with Gasteiger partial charge in [-0.05, 0) is 17.7 Å². The number of aryl methyl sites for hydroxylation is 1. The van der Waals surface area contributed by atoms with E-state index in [-0.39, 0.29) is 9.64 Å². The Bertz CT molecular complexity index is 639. The molecule has 0 radical (unpaired) electrons. The molecule has 0 bridgehead atoms. The Labute approximate surface area is 126 Å². The van der Waals surface area contributed by atoms with Crippen LogP contribution in [0.1, 0.15) is 26.3 Å². The number of halogens is 3. The van der Waals surface area contributed by atoms with Gasteiger partial charge in [0.1, 0.15) is 0 Å². The summed E-state index contributed by atoms with van der Waals surface area (Å²) in [5.41, 5.74) is 0.604. The molecule has 0 N–H and O–H groups in total. The first-order valence-electron chi connectivity index (χ1n) is 6.45. The van der Waals surface area contributed by atoms with Gasteiger partial charge in [-0.15, -0.1) is 11.8 Å². The van der Waals surface area contributed by atoms with E-state index in [4.69, 9.17) is 0 Å². The van der Waals surface area contributed by atoms with Crippen LogP contribution in [0.2, 0.25) is 0 Å². The minimum atomic E-state index is -4.37. The highest BCUT2D eigenvalue weighted by atomic mass is 32.2. The van der Waals surface area contributed by atoms with Gasteiger partial charge in [-0.1, -0.05) is 26.8 Å². The minimum absolute atomic E-state index is 0.252. The molecule has 2 nitrogen and oxygen atoms in total. The van der Waals surface area contributed by atoms with Crippen molar-refractivity contribution in [1.82, 2.24) is 9.78 Å². The highest BCUT2D eigenvalue weighted by Gasteiger charge is 2.35. The predicted octanol–water partition coefficient (Wildman–Crippen LogP) is 5.00. The standard InChI is InChI=1S/C15H17F3N2S/c1-14(2,3)21-13-6-5-10(7-12(13)15(16,17)18)11-8-19-20(4)9-11/h5-9H,1-4H3. The van der Waals surface area contributed by atoms with Gasteiger partial charge in [-0.2, -0.15) is 18.3 Å². The molecule has 21 heavy (non-hydrogen) atoms. The Kier molecular flexibility index (Phi) is 4.10. The molecule has 1 heterocycles. The number of aromatic nitrogens is 2. The molecule has 0 aliphatic rings. The molecule has 0 fully saturated rings. The molecule has 1 aromatic heterocycles. The molecule has 0 spiro atoms. The quantitative estimate of drug-likeness (QED) is 0.726. The summed E-state index contributed by atoms with van der Waals surface area (Å²) in [6.45, 7) is 5.69. The summed E-state index contributed by atoms with van der Waals surface area (Å²) in [7, 11) is 1.73. The number of rotatable bonds is 2. The van der Waals surface area contributed by atoms with Crippen LogP contribution in [0.4, 0.5) is 13.2 Å². The summed E-state index contributed by atoms with van der Waals surface area (Å²) in [5, 5.41) is 4.00. The molecule has 0 aliphatic heterocycles. The third-order valence-electron chi connectivity index (χ3n) is 2.74. The fourth-order valence-corrected chi connectivity index (χ4v) is 3.00. The Hall–Kier alpha value is -1.43. The predicted molar refractivity (Wildman–Crippen MR) is 79.3 cm³/mol. The third-order valence-corrected chi connectivity index (χ3v) is 3.93. The van der Waals surface area contributed by atoms with Crippen LogP contribution in [0.3, 0.4) is 0 Å². The lowest BCUT2D eigenvalue weighted by Crippen LogP contribution is -2.12. The van der Waals surface area contributed by atoms with E-state index in [1.807, 2.05) is 20.8 Å². The zero-order valence-corrected chi connectivity index (χ0v) is 13.1. The number of benzene rings is 1. The lowest BCUT2D eigenvalue weighted by molar-refractivity contribution is -0.139. The van der Waals surface area contributed by atoms with Crippen LogP contribution in [-0.2, 0) is 13.2 Å². The van der Waals surface area contributed by atoms with E-state index >= 15 is 0 Å². The van der Waals surface area contributed by atoms with Gasteiger partial charge in [-0.3, -0.25) is 4.68 Å². The zero-order valence-electron chi connectivity index (χ0n) is 12.3. The van der Waals surface area contributed by atoms with Gasteiger partial charge in [0.2, 0.25) is 0 Å². The summed E-state index contributed by atoms with van der Waals surface area (Å²) in [6.07, 6.45) is -1.11. The van der Waals surface area contributed by atoms with Crippen molar-refractivity contribution in [3.8, 4) is 11.1 Å². The zero-order chi connectivity index (χ0) is 15.8. The highest BCUT2D eigenvalue weighted by Crippen LogP contribution is 2.42. The smallest absolute Gasteiger partial charge is 0.275 e. The fourth-order valence-electron chi connectivity index (χ4n) is 1.92. The maximum atomic E-state index is 13.3. The van der Waals surface area contributed by atoms with Crippen LogP contribution < -0.4 is 0 Å². The van der Waals surface area contributed by atoms with Gasteiger partial charge >= 0.3 is 6.18 Å². The van der Waals surface area contributed by atoms with Crippen LogP contribution in [-0.4, -0.2) is 14.5 Å². The minimum Gasteiger partial charge on any atom is -0.275 e. The number of alkyl halides is 3. The van der Waals surface area contributed by atoms with Gasteiger partial charge in [0.15, 0.2) is 0 Å². The molecule has 2 aromatic rings. The Morgan fingerprint density at radius 2 is 1.76 bits per heavy atom. The van der Waals surface area contributed by atoms with E-state index in [0.717, 1.165) is 0 Å². The largest absolute Gasteiger partial charge is 0.417 e. The third kappa shape index (κ3) is 4.03. The Morgan fingerprint density at radius 3 is 2.24 bits per heavy atom.